The molecule has 8 aromatic rings. The minimum absolute atomic E-state index is 0.108. The number of ether oxygens (including phenoxy) is 1. The first-order valence-corrected chi connectivity index (χ1v) is 27.2. The fourth-order valence-electron chi connectivity index (χ4n) is 10.7. The van der Waals surface area contributed by atoms with Crippen LogP contribution in [0.15, 0.2) is 218 Å². The normalized spacial score (nSPS) is 12.9. The molecule has 1 atom stereocenters. The average Bonchev–Trinajstić information content (AvgIpc) is 3.73. The van der Waals surface area contributed by atoms with Gasteiger partial charge in [0.2, 0.25) is 5.91 Å². The molecule has 0 fully saturated rings. The second kappa shape index (κ2) is 22.4. The summed E-state index contributed by atoms with van der Waals surface area (Å²) in [4.78, 5) is 28.2. The van der Waals surface area contributed by atoms with Crippen molar-refractivity contribution in [3.8, 4) is 11.1 Å². The molecule has 9 rings (SSSR count). The molecule has 0 aromatic heterocycles. The monoisotopic (exact) mass is 967 g/mol. The van der Waals surface area contributed by atoms with E-state index in [1.807, 2.05) is 72.8 Å². The lowest BCUT2D eigenvalue weighted by atomic mass is 9.76. The summed E-state index contributed by atoms with van der Waals surface area (Å²) in [6, 6.07) is 74.6. The van der Waals surface area contributed by atoms with Crippen LogP contribution in [0.4, 0.5) is 10.5 Å². The van der Waals surface area contributed by atoms with Crippen molar-refractivity contribution in [3.05, 3.63) is 257 Å². The van der Waals surface area contributed by atoms with E-state index >= 15 is 0 Å². The van der Waals surface area contributed by atoms with Gasteiger partial charge in [0, 0.05) is 11.6 Å². The topological polar surface area (TPSA) is 88.7 Å². The zero-order chi connectivity index (χ0) is 50.0. The molecule has 8 heteroatoms. The van der Waals surface area contributed by atoms with Gasteiger partial charge in [-0.25, -0.2) is 4.79 Å². The van der Waals surface area contributed by atoms with E-state index in [4.69, 9.17) is 9.16 Å². The van der Waals surface area contributed by atoms with Gasteiger partial charge in [0.15, 0.2) is 0 Å². The first-order valence-electron chi connectivity index (χ1n) is 25.3. The molecule has 8 aromatic carbocycles. The lowest BCUT2D eigenvalue weighted by Gasteiger charge is -2.43. The summed E-state index contributed by atoms with van der Waals surface area (Å²) >= 11 is 0. The highest BCUT2D eigenvalue weighted by Gasteiger charge is 2.50. The molecule has 0 saturated carbocycles. The molecule has 0 heterocycles. The van der Waals surface area contributed by atoms with Crippen molar-refractivity contribution in [2.45, 2.75) is 76.1 Å². The van der Waals surface area contributed by atoms with Crippen LogP contribution in [0.2, 0.25) is 5.04 Å². The van der Waals surface area contributed by atoms with Crippen molar-refractivity contribution in [1.29, 1.82) is 0 Å². The number of alkyl carbamates (subject to hydrolysis) is 1. The molecular formula is C64H65N3O4Si. The quantitative estimate of drug-likeness (QED) is 0.0427. The fourth-order valence-corrected chi connectivity index (χ4v) is 15.2. The van der Waals surface area contributed by atoms with Gasteiger partial charge in [-0.1, -0.05) is 233 Å². The third kappa shape index (κ3) is 10.6. The first kappa shape index (κ1) is 49.6. The molecule has 0 aliphatic heterocycles. The van der Waals surface area contributed by atoms with E-state index in [2.05, 4.69) is 189 Å². The lowest BCUT2D eigenvalue weighted by molar-refractivity contribution is -0.118. The molecule has 0 bridgehead atoms. The number of benzene rings is 8. The molecule has 1 aliphatic carbocycles. The number of aryl methyl sites for hydroxylation is 1. The molecule has 1 aliphatic rings. The van der Waals surface area contributed by atoms with Gasteiger partial charge in [-0.3, -0.25) is 10.1 Å². The Bertz CT molecular complexity index is 2910. The third-order valence-electron chi connectivity index (χ3n) is 14.3. The van der Waals surface area contributed by atoms with Crippen LogP contribution in [0.1, 0.15) is 84.9 Å². The minimum Gasteiger partial charge on any atom is -0.449 e. The smallest absolute Gasteiger partial charge is 0.407 e. The Labute approximate surface area is 426 Å². The van der Waals surface area contributed by atoms with Crippen LogP contribution >= 0.6 is 0 Å². The number of carbonyl (C=O) groups excluding carboxylic acids is 2. The summed E-state index contributed by atoms with van der Waals surface area (Å²) in [5, 5.41) is 12.4. The van der Waals surface area contributed by atoms with E-state index < -0.39 is 26.0 Å². The van der Waals surface area contributed by atoms with Crippen molar-refractivity contribution in [3.63, 3.8) is 0 Å². The van der Waals surface area contributed by atoms with Crippen LogP contribution in [0.5, 0.6) is 0 Å². The van der Waals surface area contributed by atoms with Crippen molar-refractivity contribution in [2.75, 3.05) is 18.5 Å². The van der Waals surface area contributed by atoms with Crippen LogP contribution in [0, 0.1) is 6.92 Å². The Kier molecular flexibility index (Phi) is 15.4. The number of unbranched alkanes of at least 4 members (excludes halogenated alkanes) is 1. The van der Waals surface area contributed by atoms with Crippen LogP contribution in [-0.4, -0.2) is 39.5 Å². The molecule has 2 amide bonds. The van der Waals surface area contributed by atoms with Crippen molar-refractivity contribution in [2.24, 2.45) is 0 Å². The highest BCUT2D eigenvalue weighted by atomic mass is 28.4. The van der Waals surface area contributed by atoms with Crippen LogP contribution in [0.25, 0.3) is 11.1 Å². The van der Waals surface area contributed by atoms with Gasteiger partial charge in [-0.05, 0) is 105 Å². The van der Waals surface area contributed by atoms with Crippen molar-refractivity contribution < 1.29 is 18.8 Å². The standard InChI is InChI=1S/C64H65N3O4Si/c1-47-36-40-51(41-37-47)64(49-23-9-5-10-24-49,50-25-11-6-12-26-50)65-44-22-21-35-60(67-62(69)70-46-59-57-33-19-17-31-55(57)56-32-18-20-34-58(56)59)61(68)66-52-42-38-48(39-43-52)45-71-72(63(2,3)4,53-27-13-7-14-28-53)54-29-15-8-16-30-54/h5-20,23-34,36-43,59-60,65H,21-22,35,44-46H2,1-4H3,(H,66,68)(H,67,69)/t60-/m0/s1. The number of hydrogen-bond acceptors (Lipinski definition) is 5. The van der Waals surface area contributed by atoms with Gasteiger partial charge >= 0.3 is 6.09 Å². The molecule has 364 valence electrons. The Balaban J connectivity index is 0.914. The summed E-state index contributed by atoms with van der Waals surface area (Å²) < 4.78 is 13.2. The predicted octanol–water partition coefficient (Wildman–Crippen LogP) is 12.7. The SMILES string of the molecule is Cc1ccc(C(NCCCC[C@H](NC(=O)OCC2c3ccccc3-c3ccccc32)C(=O)Nc2ccc(CO[Si](c3ccccc3)(c3ccccc3)C(C)(C)C)cc2)(c2ccccc2)c2ccccc2)cc1. The van der Waals surface area contributed by atoms with Crippen molar-refractivity contribution in [1.82, 2.24) is 10.6 Å². The number of anilines is 1. The summed E-state index contributed by atoms with van der Waals surface area (Å²) in [5.74, 6) is -0.418. The van der Waals surface area contributed by atoms with Crippen LogP contribution in [0.3, 0.4) is 0 Å². The Morgan fingerprint density at radius 2 is 1.06 bits per heavy atom. The number of hydrogen-bond donors (Lipinski definition) is 3. The largest absolute Gasteiger partial charge is 0.449 e. The van der Waals surface area contributed by atoms with Gasteiger partial charge < -0.3 is 19.8 Å². The van der Waals surface area contributed by atoms with E-state index in [0.29, 0.717) is 31.7 Å². The second-order valence-electron chi connectivity index (χ2n) is 19.9. The van der Waals surface area contributed by atoms with E-state index in [9.17, 15) is 9.59 Å². The maximum atomic E-state index is 14.4. The minimum atomic E-state index is -2.76. The predicted molar refractivity (Wildman–Crippen MR) is 295 cm³/mol. The fraction of sp³-hybridized carbons (Fsp3) is 0.219. The summed E-state index contributed by atoms with van der Waals surface area (Å²) in [5.41, 5.74) is 10.2. The molecule has 0 saturated heterocycles. The molecule has 72 heavy (non-hydrogen) atoms. The Hall–Kier alpha value is -7.36. The highest BCUT2D eigenvalue weighted by molar-refractivity contribution is 6.99. The van der Waals surface area contributed by atoms with Gasteiger partial charge in [-0.2, -0.15) is 0 Å². The number of rotatable bonds is 19. The van der Waals surface area contributed by atoms with E-state index in [0.717, 1.165) is 50.9 Å². The van der Waals surface area contributed by atoms with Crippen LogP contribution < -0.4 is 26.3 Å². The molecule has 0 radical (unpaired) electrons. The van der Waals surface area contributed by atoms with Crippen LogP contribution in [-0.2, 0) is 26.1 Å². The number of carbonyl (C=O) groups is 2. The van der Waals surface area contributed by atoms with E-state index in [1.54, 1.807) is 0 Å². The zero-order valence-electron chi connectivity index (χ0n) is 41.8. The lowest BCUT2D eigenvalue weighted by Crippen LogP contribution is -2.66. The van der Waals surface area contributed by atoms with E-state index in [-0.39, 0.29) is 23.5 Å². The molecule has 3 N–H and O–H groups in total. The van der Waals surface area contributed by atoms with Gasteiger partial charge in [-0.15, -0.1) is 0 Å². The summed E-state index contributed by atoms with van der Waals surface area (Å²) in [6.07, 6.45) is 1.16. The molecule has 0 unspecified atom stereocenters. The summed E-state index contributed by atoms with van der Waals surface area (Å²) in [7, 11) is -2.76. The van der Waals surface area contributed by atoms with Gasteiger partial charge in [0.1, 0.15) is 12.6 Å². The van der Waals surface area contributed by atoms with Gasteiger partial charge in [0.25, 0.3) is 8.32 Å². The Morgan fingerprint density at radius 1 is 0.569 bits per heavy atom. The summed E-state index contributed by atoms with van der Waals surface area (Å²) in [6.45, 7) is 10.1. The average molecular weight is 968 g/mol. The number of nitrogens with one attached hydrogen (secondary N) is 3. The first-order chi connectivity index (χ1) is 35.1. The molecular weight excluding hydrogens is 903 g/mol. The molecule has 0 spiro atoms. The molecule has 7 nitrogen and oxygen atoms in total. The zero-order valence-corrected chi connectivity index (χ0v) is 42.8. The second-order valence-corrected chi connectivity index (χ2v) is 24.2. The highest BCUT2D eigenvalue weighted by Crippen LogP contribution is 2.45. The van der Waals surface area contributed by atoms with Crippen molar-refractivity contribution >= 4 is 36.4 Å². The Morgan fingerprint density at radius 3 is 1.58 bits per heavy atom. The van der Waals surface area contributed by atoms with Gasteiger partial charge in [0.05, 0.1) is 12.1 Å². The number of amides is 2. The maximum absolute atomic E-state index is 14.4. The number of fused-ring (bicyclic) bond motifs is 3. The third-order valence-corrected chi connectivity index (χ3v) is 19.2. The maximum Gasteiger partial charge on any atom is 0.407 e. The van der Waals surface area contributed by atoms with E-state index in [1.165, 1.54) is 15.9 Å².